The number of piperidine rings is 2. The van der Waals surface area contributed by atoms with Crippen LogP contribution in [0.4, 0.5) is 4.39 Å². The van der Waals surface area contributed by atoms with Gasteiger partial charge in [0.2, 0.25) is 21.8 Å². The molecule has 3 heterocycles. The van der Waals surface area contributed by atoms with Crippen LogP contribution >= 0.6 is 0 Å². The van der Waals surface area contributed by atoms with Gasteiger partial charge in [-0.05, 0) is 66.6 Å². The molecule has 0 bridgehead atoms. The van der Waals surface area contributed by atoms with Crippen LogP contribution in [0.15, 0.2) is 41.3 Å². The van der Waals surface area contributed by atoms with E-state index in [0.717, 1.165) is 0 Å². The fraction of sp³-hybridized carbons (Fsp3) is 0.400. The van der Waals surface area contributed by atoms with Crippen molar-refractivity contribution in [2.24, 2.45) is 0 Å². The maximum atomic E-state index is 15.1. The van der Waals surface area contributed by atoms with E-state index >= 15 is 4.39 Å². The van der Waals surface area contributed by atoms with Gasteiger partial charge in [-0.2, -0.15) is 4.31 Å². The van der Waals surface area contributed by atoms with Gasteiger partial charge >= 0.3 is 0 Å². The highest BCUT2D eigenvalue weighted by Gasteiger charge is 2.40. The molecule has 2 aromatic rings. The summed E-state index contributed by atoms with van der Waals surface area (Å²) in [6, 6.07) is 8.34. The number of hydrogen-bond donors (Lipinski definition) is 1. The van der Waals surface area contributed by atoms with Crippen LogP contribution in [0, 0.1) is 5.82 Å². The Labute approximate surface area is 208 Å². The lowest BCUT2D eigenvalue weighted by Crippen LogP contribution is -2.52. The third-order valence-corrected chi connectivity index (χ3v) is 9.14. The first-order valence-electron chi connectivity index (χ1n) is 11.8. The Bertz CT molecular complexity index is 1340. The molecule has 2 aromatic carbocycles. The van der Waals surface area contributed by atoms with Crippen LogP contribution in [0.2, 0.25) is 0 Å². The monoisotopic (exact) mass is 515 g/mol. The number of carbonyl (C=O) groups excluding carboxylic acids is 3. The maximum Gasteiger partial charge on any atom is 0.255 e. The normalized spacial score (nSPS) is 21.4. The second kappa shape index (κ2) is 9.29. The Kier molecular flexibility index (Phi) is 6.29. The van der Waals surface area contributed by atoms with Gasteiger partial charge in [-0.25, -0.2) is 12.8 Å². The van der Waals surface area contributed by atoms with Gasteiger partial charge in [0.15, 0.2) is 0 Å². The van der Waals surface area contributed by atoms with Gasteiger partial charge in [0.05, 0.1) is 12.0 Å². The van der Waals surface area contributed by atoms with E-state index in [1.807, 2.05) is 0 Å². The maximum absolute atomic E-state index is 15.1. The minimum Gasteiger partial charge on any atom is -0.497 e. The average molecular weight is 516 g/mol. The molecule has 9 nitrogen and oxygen atoms in total. The summed E-state index contributed by atoms with van der Waals surface area (Å²) in [5, 5.41) is 2.26. The summed E-state index contributed by atoms with van der Waals surface area (Å²) >= 11 is 0. The molecular weight excluding hydrogens is 489 g/mol. The van der Waals surface area contributed by atoms with Crippen LogP contribution in [0.3, 0.4) is 0 Å². The number of fused-ring (bicyclic) bond motifs is 1. The molecule has 0 radical (unpaired) electrons. The van der Waals surface area contributed by atoms with E-state index in [0.29, 0.717) is 29.7 Å². The molecule has 0 saturated carbocycles. The number of nitrogens with one attached hydrogen (secondary N) is 1. The molecule has 11 heteroatoms. The molecule has 1 unspecified atom stereocenters. The molecule has 5 rings (SSSR count). The zero-order valence-corrected chi connectivity index (χ0v) is 20.5. The molecular formula is C25H26FN3O6S. The lowest BCUT2D eigenvalue weighted by molar-refractivity contribution is -0.136. The highest BCUT2D eigenvalue weighted by atomic mass is 32.2. The van der Waals surface area contributed by atoms with E-state index in [4.69, 9.17) is 4.74 Å². The third-order valence-electron chi connectivity index (χ3n) is 7.23. The average Bonchev–Trinajstić information content (AvgIpc) is 3.18. The number of halogens is 1. The lowest BCUT2D eigenvalue weighted by Gasteiger charge is -2.31. The second-order valence-electron chi connectivity index (χ2n) is 9.28. The zero-order chi connectivity index (χ0) is 25.6. The standard InChI is InChI=1S/C25H26FN3O6S/c1-35-17-2-4-18(5-3-17)36(33,34)28-10-8-15(9-11-28)19-12-16-14-29(25(32)20(16)13-21(19)26)22-6-7-23(30)27-24(22)31/h2-5,12-13,15,22H,6-11,14H2,1H3,(H,27,30,31). The molecule has 36 heavy (non-hydrogen) atoms. The van der Waals surface area contributed by atoms with Crippen molar-refractivity contribution in [1.82, 2.24) is 14.5 Å². The molecule has 0 spiro atoms. The number of hydrogen-bond acceptors (Lipinski definition) is 6. The van der Waals surface area contributed by atoms with Crippen molar-refractivity contribution in [3.63, 3.8) is 0 Å². The highest BCUT2D eigenvalue weighted by molar-refractivity contribution is 7.89. The molecule has 2 fully saturated rings. The Hall–Kier alpha value is -3.31. The summed E-state index contributed by atoms with van der Waals surface area (Å²) < 4.78 is 47.7. The SMILES string of the molecule is COc1ccc(S(=O)(=O)N2CCC(c3cc4c(cc3F)C(=O)N(C3CCC(=O)NC3=O)C4)CC2)cc1. The number of imide groups is 1. The van der Waals surface area contributed by atoms with E-state index in [2.05, 4.69) is 5.32 Å². The molecule has 3 aliphatic heterocycles. The van der Waals surface area contributed by atoms with Crippen molar-refractivity contribution < 1.29 is 31.9 Å². The van der Waals surface area contributed by atoms with Gasteiger partial charge in [0.1, 0.15) is 17.6 Å². The molecule has 0 aliphatic carbocycles. The fourth-order valence-electron chi connectivity index (χ4n) is 5.23. The van der Waals surface area contributed by atoms with Crippen LogP contribution in [0.5, 0.6) is 5.75 Å². The van der Waals surface area contributed by atoms with Gasteiger partial charge in [-0.15, -0.1) is 0 Å². The van der Waals surface area contributed by atoms with Gasteiger partial charge in [0.25, 0.3) is 5.91 Å². The largest absolute Gasteiger partial charge is 0.497 e. The summed E-state index contributed by atoms with van der Waals surface area (Å²) in [6.07, 6.45) is 1.26. The fourth-order valence-corrected chi connectivity index (χ4v) is 6.69. The Morgan fingerprint density at radius 2 is 1.72 bits per heavy atom. The third kappa shape index (κ3) is 4.26. The zero-order valence-electron chi connectivity index (χ0n) is 19.7. The molecule has 2 saturated heterocycles. The first kappa shape index (κ1) is 24.4. The van der Waals surface area contributed by atoms with Crippen LogP contribution in [0.25, 0.3) is 0 Å². The van der Waals surface area contributed by atoms with E-state index in [1.165, 1.54) is 34.5 Å². The van der Waals surface area contributed by atoms with E-state index in [9.17, 15) is 22.8 Å². The molecule has 3 aliphatic rings. The highest BCUT2D eigenvalue weighted by Crippen LogP contribution is 2.36. The van der Waals surface area contributed by atoms with Gasteiger partial charge in [-0.1, -0.05) is 6.07 Å². The number of benzene rings is 2. The summed E-state index contributed by atoms with van der Waals surface area (Å²) in [4.78, 5) is 38.2. The summed E-state index contributed by atoms with van der Waals surface area (Å²) in [5.41, 5.74) is 1.31. The van der Waals surface area contributed by atoms with Crippen molar-refractivity contribution in [2.45, 2.75) is 49.1 Å². The number of rotatable bonds is 5. The first-order valence-corrected chi connectivity index (χ1v) is 13.2. The van der Waals surface area contributed by atoms with Gasteiger partial charge in [0, 0.05) is 31.6 Å². The molecule has 1 N–H and O–H groups in total. The number of carbonyl (C=O) groups is 3. The number of sulfonamides is 1. The van der Waals surface area contributed by atoms with Crippen LogP contribution < -0.4 is 10.1 Å². The molecule has 3 amide bonds. The van der Waals surface area contributed by atoms with Gasteiger partial charge < -0.3 is 9.64 Å². The predicted molar refractivity (Wildman–Crippen MR) is 126 cm³/mol. The minimum absolute atomic E-state index is 0.147. The van der Waals surface area contributed by atoms with Crippen LogP contribution in [0.1, 0.15) is 53.1 Å². The van der Waals surface area contributed by atoms with Crippen molar-refractivity contribution in [3.05, 3.63) is 58.9 Å². The van der Waals surface area contributed by atoms with E-state index in [1.54, 1.807) is 18.2 Å². The molecule has 190 valence electrons. The van der Waals surface area contributed by atoms with Crippen LogP contribution in [-0.4, -0.2) is 61.6 Å². The lowest BCUT2D eigenvalue weighted by atomic mass is 9.88. The topological polar surface area (TPSA) is 113 Å². The van der Waals surface area contributed by atoms with Crippen molar-refractivity contribution in [2.75, 3.05) is 20.2 Å². The number of amides is 3. The first-order chi connectivity index (χ1) is 17.2. The summed E-state index contributed by atoms with van der Waals surface area (Å²) in [5.74, 6) is -1.45. The van der Waals surface area contributed by atoms with E-state index in [-0.39, 0.29) is 54.8 Å². The number of methoxy groups -OCH3 is 1. The van der Waals surface area contributed by atoms with Crippen LogP contribution in [-0.2, 0) is 26.2 Å². The smallest absolute Gasteiger partial charge is 0.255 e. The summed E-state index contributed by atoms with van der Waals surface area (Å²) in [6.45, 7) is 0.659. The second-order valence-corrected chi connectivity index (χ2v) is 11.2. The number of ether oxygens (including phenoxy) is 1. The Morgan fingerprint density at radius 3 is 2.36 bits per heavy atom. The van der Waals surface area contributed by atoms with Crippen molar-refractivity contribution >= 4 is 27.7 Å². The summed E-state index contributed by atoms with van der Waals surface area (Å²) in [7, 11) is -2.17. The predicted octanol–water partition coefficient (Wildman–Crippen LogP) is 2.16. The van der Waals surface area contributed by atoms with E-state index < -0.39 is 33.7 Å². The Balaban J connectivity index is 1.30. The molecule has 0 aromatic heterocycles. The van der Waals surface area contributed by atoms with Crippen molar-refractivity contribution in [1.29, 1.82) is 0 Å². The Morgan fingerprint density at radius 1 is 1.03 bits per heavy atom. The van der Waals surface area contributed by atoms with Gasteiger partial charge in [-0.3, -0.25) is 19.7 Å². The van der Waals surface area contributed by atoms with Crippen molar-refractivity contribution in [3.8, 4) is 5.75 Å². The minimum atomic E-state index is -3.68. The number of nitrogens with zero attached hydrogens (tertiary/aromatic N) is 2. The molecule has 1 atom stereocenters. The quantitative estimate of drug-likeness (QED) is 0.611.